The van der Waals surface area contributed by atoms with Crippen LogP contribution in [-0.4, -0.2) is 67.0 Å². The zero-order chi connectivity index (χ0) is 19.4. The number of carbonyl (C=O) groups excluding carboxylic acids is 2. The molecule has 0 atom stereocenters. The van der Waals surface area contributed by atoms with Gasteiger partial charge in [-0.3, -0.25) is 14.5 Å². The van der Waals surface area contributed by atoms with Crippen LogP contribution < -0.4 is 10.1 Å². The van der Waals surface area contributed by atoms with Crippen LogP contribution in [0.4, 0.5) is 0 Å². The van der Waals surface area contributed by atoms with Gasteiger partial charge in [0.1, 0.15) is 12.4 Å². The molecule has 1 aromatic carbocycles. The van der Waals surface area contributed by atoms with Crippen LogP contribution in [0.5, 0.6) is 5.75 Å². The van der Waals surface area contributed by atoms with Crippen LogP contribution in [-0.2, 0) is 9.59 Å². The van der Waals surface area contributed by atoms with E-state index in [9.17, 15) is 9.59 Å². The number of hydrogen-bond donors (Lipinski definition) is 1. The molecule has 2 amide bonds. The Morgan fingerprint density at radius 1 is 1.19 bits per heavy atom. The first-order chi connectivity index (χ1) is 12.9. The summed E-state index contributed by atoms with van der Waals surface area (Å²) in [5.74, 6) is 0.583. The second-order valence-electron chi connectivity index (χ2n) is 7.90. The van der Waals surface area contributed by atoms with Gasteiger partial charge in [-0.1, -0.05) is 19.9 Å². The molecule has 1 saturated heterocycles. The number of piperazine rings is 1. The first kappa shape index (κ1) is 19.7. The highest BCUT2D eigenvalue weighted by atomic mass is 16.5. The third-order valence-electron chi connectivity index (χ3n) is 5.31. The quantitative estimate of drug-likeness (QED) is 0.774. The van der Waals surface area contributed by atoms with E-state index < -0.39 is 11.8 Å². The molecule has 6 nitrogen and oxygen atoms in total. The summed E-state index contributed by atoms with van der Waals surface area (Å²) in [6, 6.07) is 6.51. The van der Waals surface area contributed by atoms with Crippen LogP contribution in [0.15, 0.2) is 18.2 Å². The predicted molar refractivity (Wildman–Crippen MR) is 105 cm³/mol. The van der Waals surface area contributed by atoms with Crippen molar-refractivity contribution in [3.63, 3.8) is 0 Å². The average Bonchev–Trinajstić information content (AvgIpc) is 3.45. The molecule has 0 aromatic heterocycles. The molecule has 0 radical (unpaired) electrons. The lowest BCUT2D eigenvalue weighted by Gasteiger charge is -2.34. The number of carbonyl (C=O) groups is 2. The van der Waals surface area contributed by atoms with Crippen molar-refractivity contribution in [3.8, 4) is 5.75 Å². The van der Waals surface area contributed by atoms with Gasteiger partial charge in [-0.25, -0.2) is 0 Å². The normalized spacial score (nSPS) is 17.9. The Labute approximate surface area is 161 Å². The fraction of sp³-hybridized carbons (Fsp3) is 0.619. The van der Waals surface area contributed by atoms with E-state index in [0.717, 1.165) is 38.2 Å². The lowest BCUT2D eigenvalue weighted by Crippen LogP contribution is -2.53. The summed E-state index contributed by atoms with van der Waals surface area (Å²) in [5, 5.41) is 2.77. The number of ether oxygens (including phenoxy) is 1. The first-order valence-electron chi connectivity index (χ1n) is 9.99. The Morgan fingerprint density at radius 3 is 2.48 bits per heavy atom. The number of rotatable bonds is 6. The van der Waals surface area contributed by atoms with Gasteiger partial charge >= 0.3 is 11.8 Å². The second-order valence-corrected chi connectivity index (χ2v) is 7.90. The van der Waals surface area contributed by atoms with Crippen LogP contribution in [0.2, 0.25) is 0 Å². The van der Waals surface area contributed by atoms with Crippen LogP contribution in [0.1, 0.15) is 43.7 Å². The Bertz CT molecular complexity index is 677. The molecule has 3 rings (SSSR count). The second kappa shape index (κ2) is 8.74. The first-order valence-corrected chi connectivity index (χ1v) is 9.99. The van der Waals surface area contributed by atoms with Crippen molar-refractivity contribution in [3.05, 3.63) is 29.3 Å². The van der Waals surface area contributed by atoms with Gasteiger partial charge < -0.3 is 15.0 Å². The number of hydrogen-bond acceptors (Lipinski definition) is 4. The van der Waals surface area contributed by atoms with Gasteiger partial charge in [0, 0.05) is 38.8 Å². The lowest BCUT2D eigenvalue weighted by atomic mass is 9.98. The van der Waals surface area contributed by atoms with Gasteiger partial charge in [0.15, 0.2) is 0 Å². The van der Waals surface area contributed by atoms with E-state index in [-0.39, 0.29) is 6.04 Å². The molecule has 2 fully saturated rings. The van der Waals surface area contributed by atoms with Crippen LogP contribution >= 0.6 is 0 Å². The number of benzene rings is 1. The molecule has 6 heteroatoms. The van der Waals surface area contributed by atoms with E-state index in [4.69, 9.17) is 4.74 Å². The minimum atomic E-state index is -0.450. The maximum absolute atomic E-state index is 12.1. The summed E-state index contributed by atoms with van der Waals surface area (Å²) in [6.07, 6.45) is 1.99. The van der Waals surface area contributed by atoms with Crippen molar-refractivity contribution in [1.82, 2.24) is 15.1 Å². The van der Waals surface area contributed by atoms with E-state index in [1.807, 2.05) is 6.07 Å². The van der Waals surface area contributed by atoms with Crippen molar-refractivity contribution >= 4 is 11.8 Å². The molecule has 0 spiro atoms. The molecule has 2 aliphatic rings. The van der Waals surface area contributed by atoms with Crippen LogP contribution in [0, 0.1) is 6.92 Å². The van der Waals surface area contributed by atoms with Crippen LogP contribution in [0.25, 0.3) is 0 Å². The summed E-state index contributed by atoms with van der Waals surface area (Å²) in [6.45, 7) is 10.7. The van der Waals surface area contributed by atoms with Crippen molar-refractivity contribution in [2.45, 2.75) is 45.6 Å². The summed E-state index contributed by atoms with van der Waals surface area (Å²) in [7, 11) is 0. The molecule has 27 heavy (non-hydrogen) atoms. The Balaban J connectivity index is 1.37. The van der Waals surface area contributed by atoms with E-state index in [1.165, 1.54) is 11.1 Å². The molecule has 0 unspecified atom stereocenters. The Kier molecular flexibility index (Phi) is 6.37. The summed E-state index contributed by atoms with van der Waals surface area (Å²) >= 11 is 0. The Hall–Kier alpha value is -2.08. The molecular weight excluding hydrogens is 342 g/mol. The molecular formula is C21H31N3O3. The summed E-state index contributed by atoms with van der Waals surface area (Å²) in [4.78, 5) is 27.9. The zero-order valence-electron chi connectivity index (χ0n) is 16.7. The van der Waals surface area contributed by atoms with Crippen molar-refractivity contribution in [2.24, 2.45) is 0 Å². The molecule has 0 bridgehead atoms. The molecule has 148 valence electrons. The van der Waals surface area contributed by atoms with E-state index >= 15 is 0 Å². The van der Waals surface area contributed by atoms with Gasteiger partial charge in [0.2, 0.25) is 0 Å². The van der Waals surface area contributed by atoms with Crippen molar-refractivity contribution < 1.29 is 14.3 Å². The van der Waals surface area contributed by atoms with Crippen LogP contribution in [0.3, 0.4) is 0 Å². The highest BCUT2D eigenvalue weighted by molar-refractivity contribution is 6.35. The average molecular weight is 373 g/mol. The van der Waals surface area contributed by atoms with E-state index in [2.05, 4.69) is 43.1 Å². The van der Waals surface area contributed by atoms with Gasteiger partial charge in [0.25, 0.3) is 0 Å². The maximum atomic E-state index is 12.1. The minimum absolute atomic E-state index is 0.220. The number of aryl methyl sites for hydroxylation is 1. The van der Waals surface area contributed by atoms with Gasteiger partial charge in [-0.2, -0.15) is 0 Å². The monoisotopic (exact) mass is 373 g/mol. The largest absolute Gasteiger partial charge is 0.492 e. The third kappa shape index (κ3) is 5.45. The lowest BCUT2D eigenvalue weighted by molar-refractivity contribution is -0.147. The molecule has 1 heterocycles. The van der Waals surface area contributed by atoms with Gasteiger partial charge in [-0.05, 0) is 48.9 Å². The number of nitrogens with one attached hydrogen (secondary N) is 1. The fourth-order valence-electron chi connectivity index (χ4n) is 3.47. The topological polar surface area (TPSA) is 61.9 Å². The molecule has 1 saturated carbocycles. The fourth-order valence-corrected chi connectivity index (χ4v) is 3.47. The molecule has 1 aliphatic heterocycles. The van der Waals surface area contributed by atoms with Gasteiger partial charge in [-0.15, -0.1) is 0 Å². The van der Waals surface area contributed by atoms with E-state index in [0.29, 0.717) is 25.6 Å². The zero-order valence-corrected chi connectivity index (χ0v) is 16.7. The minimum Gasteiger partial charge on any atom is -0.492 e. The van der Waals surface area contributed by atoms with Crippen molar-refractivity contribution in [2.75, 3.05) is 39.3 Å². The maximum Gasteiger partial charge on any atom is 0.311 e. The smallest absolute Gasteiger partial charge is 0.311 e. The third-order valence-corrected chi connectivity index (χ3v) is 5.31. The number of nitrogens with zero attached hydrogens (tertiary/aromatic N) is 2. The highest BCUT2D eigenvalue weighted by Gasteiger charge is 2.30. The molecule has 1 aromatic rings. The van der Waals surface area contributed by atoms with Crippen molar-refractivity contribution in [1.29, 1.82) is 0 Å². The summed E-state index contributed by atoms with van der Waals surface area (Å²) < 4.78 is 5.90. The molecule has 1 aliphatic carbocycles. The number of amides is 2. The highest BCUT2D eigenvalue weighted by Crippen LogP contribution is 2.23. The Morgan fingerprint density at radius 2 is 1.89 bits per heavy atom. The predicted octanol–water partition coefficient (Wildman–Crippen LogP) is 1.92. The van der Waals surface area contributed by atoms with E-state index in [1.54, 1.807) is 4.90 Å². The van der Waals surface area contributed by atoms with Gasteiger partial charge in [0.05, 0.1) is 0 Å². The summed E-state index contributed by atoms with van der Waals surface area (Å²) in [5.41, 5.74) is 2.62. The standard InChI is InChI=1S/C21H31N3O3/c1-15(2)19-7-6-18(14-16(19)3)27-13-12-23-8-10-24(11-9-23)21(26)20(25)22-17-4-5-17/h6-7,14-15,17H,4-5,8-13H2,1-3H3,(H,22,25). The molecule has 1 N–H and O–H groups in total. The SMILES string of the molecule is Cc1cc(OCCN2CCN(C(=O)C(=O)NC3CC3)CC2)ccc1C(C)C.